The summed E-state index contributed by atoms with van der Waals surface area (Å²) >= 11 is 1.71. The summed E-state index contributed by atoms with van der Waals surface area (Å²) in [6.45, 7) is 2.06. The van der Waals surface area contributed by atoms with E-state index in [2.05, 4.69) is 6.07 Å². The number of benzene rings is 1. The number of hydrogen-bond donors (Lipinski definition) is 1. The molecule has 0 aliphatic carbocycles. The number of ether oxygens (including phenoxy) is 1. The molecule has 0 saturated heterocycles. The molecule has 1 atom stereocenters. The lowest BCUT2D eigenvalue weighted by atomic mass is 10.2. The van der Waals surface area contributed by atoms with Crippen molar-refractivity contribution >= 4 is 22.9 Å². The van der Waals surface area contributed by atoms with Gasteiger partial charge in [0.05, 0.1) is 0 Å². The molecule has 2 aromatic rings. The maximum atomic E-state index is 12.1. The van der Waals surface area contributed by atoms with Gasteiger partial charge in [0.2, 0.25) is 0 Å². The van der Waals surface area contributed by atoms with E-state index in [1.807, 2.05) is 25.4 Å². The summed E-state index contributed by atoms with van der Waals surface area (Å²) in [6, 6.07) is 11.3. The highest BCUT2D eigenvalue weighted by Crippen LogP contribution is 2.16. The first kappa shape index (κ1) is 15.4. The monoisotopic (exact) mass is 304 g/mol. The van der Waals surface area contributed by atoms with Crippen LogP contribution >= 0.6 is 11.3 Å². The van der Waals surface area contributed by atoms with Crippen molar-refractivity contribution in [1.29, 1.82) is 0 Å². The van der Waals surface area contributed by atoms with E-state index in [1.165, 1.54) is 4.88 Å². The van der Waals surface area contributed by atoms with Crippen molar-refractivity contribution < 1.29 is 9.53 Å². The molecule has 1 aromatic carbocycles. The summed E-state index contributed by atoms with van der Waals surface area (Å²) in [4.78, 5) is 15.1. The van der Waals surface area contributed by atoms with Crippen LogP contribution in [0.4, 0.5) is 5.69 Å². The van der Waals surface area contributed by atoms with Gasteiger partial charge in [-0.15, -0.1) is 11.3 Å². The molecular weight excluding hydrogens is 284 g/mol. The van der Waals surface area contributed by atoms with E-state index in [0.717, 1.165) is 6.42 Å². The number of nitrogens with zero attached hydrogens (tertiary/aromatic N) is 1. The van der Waals surface area contributed by atoms with Gasteiger partial charge in [-0.05, 0) is 30.5 Å². The van der Waals surface area contributed by atoms with Crippen LogP contribution in [0.3, 0.4) is 0 Å². The lowest BCUT2D eigenvalue weighted by molar-refractivity contribution is -0.133. The number of carbonyl (C=O) groups excluding carboxylic acids is 1. The van der Waals surface area contributed by atoms with E-state index in [-0.39, 0.29) is 18.6 Å². The normalized spacial score (nSPS) is 11.9. The Morgan fingerprint density at radius 2 is 2.19 bits per heavy atom. The number of anilines is 1. The summed E-state index contributed by atoms with van der Waals surface area (Å²) in [6.07, 6.45) is 0.859. The highest BCUT2D eigenvalue weighted by atomic mass is 32.1. The maximum Gasteiger partial charge on any atom is 0.260 e. The first-order valence-electron chi connectivity index (χ1n) is 6.82. The van der Waals surface area contributed by atoms with Crippen LogP contribution in [0.1, 0.15) is 11.8 Å². The van der Waals surface area contributed by atoms with Crippen molar-refractivity contribution in [2.75, 3.05) is 19.4 Å². The first-order valence-corrected chi connectivity index (χ1v) is 7.70. The van der Waals surface area contributed by atoms with Crippen molar-refractivity contribution in [3.63, 3.8) is 0 Å². The molecule has 21 heavy (non-hydrogen) atoms. The second-order valence-corrected chi connectivity index (χ2v) is 6.03. The Hall–Kier alpha value is -2.01. The molecule has 0 aliphatic rings. The maximum absolute atomic E-state index is 12.1. The second kappa shape index (κ2) is 7.13. The average molecular weight is 304 g/mol. The molecule has 1 heterocycles. The van der Waals surface area contributed by atoms with Crippen LogP contribution in [0.2, 0.25) is 0 Å². The third kappa shape index (κ3) is 4.49. The molecule has 1 unspecified atom stereocenters. The lowest BCUT2D eigenvalue weighted by Gasteiger charge is -2.24. The molecule has 0 radical (unpaired) electrons. The van der Waals surface area contributed by atoms with Gasteiger partial charge in [0.1, 0.15) is 5.75 Å². The minimum atomic E-state index is -0.0403. The predicted octanol–water partition coefficient (Wildman–Crippen LogP) is 2.80. The summed E-state index contributed by atoms with van der Waals surface area (Å²) < 4.78 is 5.49. The molecule has 2 N–H and O–H groups in total. The SMILES string of the molecule is CC(Cc1cccs1)N(C)C(=O)COc1cccc(N)c1. The number of rotatable bonds is 6. The number of carbonyl (C=O) groups is 1. The van der Waals surface area contributed by atoms with Crippen molar-refractivity contribution in [2.24, 2.45) is 0 Å². The molecule has 0 spiro atoms. The van der Waals surface area contributed by atoms with Crippen LogP contribution in [-0.4, -0.2) is 30.5 Å². The largest absolute Gasteiger partial charge is 0.484 e. The quantitative estimate of drug-likeness (QED) is 0.835. The van der Waals surface area contributed by atoms with Crippen LogP contribution in [0.25, 0.3) is 0 Å². The Labute approximate surface area is 129 Å². The van der Waals surface area contributed by atoms with Gasteiger partial charge in [-0.25, -0.2) is 0 Å². The Morgan fingerprint density at radius 1 is 1.38 bits per heavy atom. The van der Waals surface area contributed by atoms with Crippen LogP contribution < -0.4 is 10.5 Å². The van der Waals surface area contributed by atoms with Gasteiger partial charge in [-0.2, -0.15) is 0 Å². The van der Waals surface area contributed by atoms with Gasteiger partial charge in [0.15, 0.2) is 6.61 Å². The van der Waals surface area contributed by atoms with Crippen molar-refractivity contribution in [2.45, 2.75) is 19.4 Å². The lowest BCUT2D eigenvalue weighted by Crippen LogP contribution is -2.39. The topological polar surface area (TPSA) is 55.6 Å². The Kier molecular flexibility index (Phi) is 5.22. The number of likely N-dealkylation sites (N-methyl/N-ethyl adjacent to an activating group) is 1. The van der Waals surface area contributed by atoms with Gasteiger partial charge in [0.25, 0.3) is 5.91 Å². The zero-order valence-electron chi connectivity index (χ0n) is 12.3. The van der Waals surface area contributed by atoms with Crippen LogP contribution in [0, 0.1) is 0 Å². The minimum absolute atomic E-state index is 0.0226. The first-order chi connectivity index (χ1) is 10.1. The Bertz CT molecular complexity index is 584. The molecule has 4 nitrogen and oxygen atoms in total. The van der Waals surface area contributed by atoms with E-state index < -0.39 is 0 Å². The molecule has 0 bridgehead atoms. The third-order valence-electron chi connectivity index (χ3n) is 3.35. The third-order valence-corrected chi connectivity index (χ3v) is 4.25. The van der Waals surface area contributed by atoms with Gasteiger partial charge in [-0.3, -0.25) is 4.79 Å². The van der Waals surface area contributed by atoms with E-state index in [0.29, 0.717) is 11.4 Å². The fraction of sp³-hybridized carbons (Fsp3) is 0.312. The van der Waals surface area contributed by atoms with Gasteiger partial charge in [0, 0.05) is 36.1 Å². The standard InChI is InChI=1S/C16H20N2O2S/c1-12(9-15-7-4-8-21-15)18(2)16(19)11-20-14-6-3-5-13(17)10-14/h3-8,10,12H,9,11,17H2,1-2H3. The van der Waals surface area contributed by atoms with Gasteiger partial charge in [-0.1, -0.05) is 12.1 Å². The molecule has 0 fully saturated rings. The Balaban J connectivity index is 1.84. The fourth-order valence-corrected chi connectivity index (χ4v) is 2.78. The predicted molar refractivity (Wildman–Crippen MR) is 86.6 cm³/mol. The molecule has 0 aliphatic heterocycles. The fourth-order valence-electron chi connectivity index (χ4n) is 1.95. The molecule has 1 amide bonds. The van der Waals surface area contributed by atoms with E-state index in [4.69, 9.17) is 10.5 Å². The number of thiophene rings is 1. The van der Waals surface area contributed by atoms with Gasteiger partial charge >= 0.3 is 0 Å². The number of nitrogens with two attached hydrogens (primary N) is 1. The summed E-state index contributed by atoms with van der Waals surface area (Å²) in [5.41, 5.74) is 6.30. The average Bonchev–Trinajstić information content (AvgIpc) is 2.97. The van der Waals surface area contributed by atoms with E-state index in [9.17, 15) is 4.79 Å². The number of amides is 1. The summed E-state index contributed by atoms with van der Waals surface area (Å²) in [5, 5.41) is 2.05. The minimum Gasteiger partial charge on any atom is -0.484 e. The summed E-state index contributed by atoms with van der Waals surface area (Å²) in [5.74, 6) is 0.573. The van der Waals surface area contributed by atoms with Crippen LogP contribution in [0.15, 0.2) is 41.8 Å². The summed E-state index contributed by atoms with van der Waals surface area (Å²) in [7, 11) is 1.81. The van der Waals surface area contributed by atoms with E-state index in [1.54, 1.807) is 40.5 Å². The smallest absolute Gasteiger partial charge is 0.260 e. The molecule has 112 valence electrons. The van der Waals surface area contributed by atoms with Crippen molar-refractivity contribution in [3.05, 3.63) is 46.7 Å². The van der Waals surface area contributed by atoms with Crippen molar-refractivity contribution in [1.82, 2.24) is 4.90 Å². The molecule has 1 aromatic heterocycles. The van der Waals surface area contributed by atoms with Gasteiger partial charge < -0.3 is 15.4 Å². The van der Waals surface area contributed by atoms with E-state index >= 15 is 0 Å². The van der Waals surface area contributed by atoms with Crippen LogP contribution in [0.5, 0.6) is 5.75 Å². The van der Waals surface area contributed by atoms with Crippen LogP contribution in [-0.2, 0) is 11.2 Å². The zero-order valence-corrected chi connectivity index (χ0v) is 13.1. The number of nitrogen functional groups attached to an aromatic ring is 1. The Morgan fingerprint density at radius 3 is 2.86 bits per heavy atom. The molecular formula is C16H20N2O2S. The molecule has 5 heteroatoms. The number of hydrogen-bond acceptors (Lipinski definition) is 4. The molecule has 2 rings (SSSR count). The molecule has 0 saturated carbocycles. The second-order valence-electron chi connectivity index (χ2n) is 5.00. The zero-order chi connectivity index (χ0) is 15.2. The highest BCUT2D eigenvalue weighted by Gasteiger charge is 2.17. The highest BCUT2D eigenvalue weighted by molar-refractivity contribution is 7.09. The van der Waals surface area contributed by atoms with Crippen molar-refractivity contribution in [3.8, 4) is 5.75 Å².